The Bertz CT molecular complexity index is 846. The highest BCUT2D eigenvalue weighted by molar-refractivity contribution is 7.99. The number of rotatable bonds is 7. The summed E-state index contributed by atoms with van der Waals surface area (Å²) in [6.45, 7) is 2.34. The van der Waals surface area contributed by atoms with E-state index in [1.807, 2.05) is 31.2 Å². The number of H-pyrrole nitrogens is 1. The van der Waals surface area contributed by atoms with Crippen molar-refractivity contribution in [3.05, 3.63) is 35.0 Å². The Morgan fingerprint density at radius 2 is 2.16 bits per heavy atom. The zero-order valence-corrected chi connectivity index (χ0v) is 15.3. The molecule has 0 aliphatic rings. The first-order valence-electron chi connectivity index (χ1n) is 7.44. The van der Waals surface area contributed by atoms with Gasteiger partial charge in [0.25, 0.3) is 5.91 Å². The van der Waals surface area contributed by atoms with Gasteiger partial charge >= 0.3 is 0 Å². The lowest BCUT2D eigenvalue weighted by Gasteiger charge is -2.04. The third-order valence-electron chi connectivity index (χ3n) is 3.25. The van der Waals surface area contributed by atoms with Crippen molar-refractivity contribution in [2.45, 2.75) is 12.1 Å². The molecular weight excluding hydrogens is 360 g/mol. The molecular formula is C15H16N6O2S2. The van der Waals surface area contributed by atoms with E-state index in [9.17, 15) is 4.79 Å². The molecule has 0 aliphatic heterocycles. The number of carbonyl (C=O) groups excluding carboxylic acids is 1. The summed E-state index contributed by atoms with van der Waals surface area (Å²) in [5.41, 5.74) is 1.40. The van der Waals surface area contributed by atoms with Gasteiger partial charge in [0.05, 0.1) is 7.11 Å². The average molecular weight is 376 g/mol. The van der Waals surface area contributed by atoms with Crippen LogP contribution in [0.5, 0.6) is 5.75 Å². The number of benzene rings is 1. The van der Waals surface area contributed by atoms with Crippen molar-refractivity contribution in [2.24, 2.45) is 0 Å². The Kier molecular flexibility index (Phi) is 5.61. The molecule has 0 unspecified atom stereocenters. The van der Waals surface area contributed by atoms with Gasteiger partial charge in [-0.2, -0.15) is 0 Å². The van der Waals surface area contributed by atoms with Crippen LogP contribution in [0.3, 0.4) is 0 Å². The van der Waals surface area contributed by atoms with Gasteiger partial charge in [0.2, 0.25) is 5.16 Å². The molecule has 0 atom stereocenters. The maximum absolute atomic E-state index is 12.4. The lowest BCUT2D eigenvalue weighted by atomic mass is 10.1. The first kappa shape index (κ1) is 17.4. The zero-order valence-electron chi connectivity index (χ0n) is 13.6. The molecule has 10 heteroatoms. The molecule has 0 aliphatic carbocycles. The normalized spacial score (nSPS) is 10.6. The number of hydrogen-bond donors (Lipinski definition) is 2. The van der Waals surface area contributed by atoms with Crippen LogP contribution in [0.2, 0.25) is 0 Å². The summed E-state index contributed by atoms with van der Waals surface area (Å²) in [7, 11) is 1.61. The molecule has 0 bridgehead atoms. The number of aromatic amines is 1. The first-order chi connectivity index (χ1) is 12.2. The Morgan fingerprint density at radius 1 is 1.36 bits per heavy atom. The predicted molar refractivity (Wildman–Crippen MR) is 96.1 cm³/mol. The number of hydrogen-bond acceptors (Lipinski definition) is 8. The third kappa shape index (κ3) is 4.34. The van der Waals surface area contributed by atoms with Crippen molar-refractivity contribution in [2.75, 3.05) is 19.4 Å². The molecule has 1 amide bonds. The van der Waals surface area contributed by atoms with E-state index in [0.717, 1.165) is 28.7 Å². The second-order valence-electron chi connectivity index (χ2n) is 4.99. The third-order valence-corrected chi connectivity index (χ3v) is 4.83. The molecule has 8 nitrogen and oxygen atoms in total. The molecule has 0 radical (unpaired) electrons. The van der Waals surface area contributed by atoms with Crippen molar-refractivity contribution < 1.29 is 9.53 Å². The fourth-order valence-corrected chi connectivity index (χ4v) is 3.35. The van der Waals surface area contributed by atoms with Crippen molar-refractivity contribution in [3.63, 3.8) is 0 Å². The van der Waals surface area contributed by atoms with E-state index >= 15 is 0 Å². The van der Waals surface area contributed by atoms with Crippen LogP contribution in [0.4, 0.5) is 0 Å². The van der Waals surface area contributed by atoms with Crippen LogP contribution in [-0.4, -0.2) is 50.1 Å². The van der Waals surface area contributed by atoms with E-state index in [1.54, 1.807) is 7.11 Å². The van der Waals surface area contributed by atoms with Crippen LogP contribution in [0.15, 0.2) is 29.4 Å². The lowest BCUT2D eigenvalue weighted by molar-refractivity contribution is 0.0960. The van der Waals surface area contributed by atoms with Crippen molar-refractivity contribution in [3.8, 4) is 17.0 Å². The van der Waals surface area contributed by atoms with Crippen LogP contribution < -0.4 is 10.1 Å². The van der Waals surface area contributed by atoms with Gasteiger partial charge in [-0.3, -0.25) is 9.89 Å². The summed E-state index contributed by atoms with van der Waals surface area (Å²) in [6.07, 6.45) is 0. The SMILES string of the molecule is COc1ccc(-c2nnsc2C(=O)NCCSc2n[nH]c(C)n2)cc1. The average Bonchev–Trinajstić information content (AvgIpc) is 3.28. The van der Waals surface area contributed by atoms with Crippen LogP contribution in [0.1, 0.15) is 15.5 Å². The van der Waals surface area contributed by atoms with Gasteiger partial charge < -0.3 is 10.1 Å². The highest BCUT2D eigenvalue weighted by Gasteiger charge is 2.17. The largest absolute Gasteiger partial charge is 0.497 e. The summed E-state index contributed by atoms with van der Waals surface area (Å²) in [5, 5.41) is 14.4. The summed E-state index contributed by atoms with van der Waals surface area (Å²) >= 11 is 2.55. The quantitative estimate of drug-likeness (QED) is 0.481. The van der Waals surface area contributed by atoms with E-state index in [4.69, 9.17) is 4.74 Å². The van der Waals surface area contributed by atoms with Gasteiger partial charge in [0.15, 0.2) is 0 Å². The number of thioether (sulfide) groups is 1. The van der Waals surface area contributed by atoms with Gasteiger partial charge in [-0.15, -0.1) is 10.2 Å². The molecule has 0 fully saturated rings. The molecule has 130 valence electrons. The highest BCUT2D eigenvalue weighted by atomic mass is 32.2. The van der Waals surface area contributed by atoms with Gasteiger partial charge in [0.1, 0.15) is 22.1 Å². The number of ether oxygens (including phenoxy) is 1. The first-order valence-corrected chi connectivity index (χ1v) is 9.20. The Hall–Kier alpha value is -2.46. The number of carbonyl (C=O) groups is 1. The molecule has 0 spiro atoms. The molecule has 1 aromatic carbocycles. The van der Waals surface area contributed by atoms with E-state index < -0.39 is 0 Å². The van der Waals surface area contributed by atoms with Gasteiger partial charge in [-0.25, -0.2) is 4.98 Å². The zero-order chi connectivity index (χ0) is 17.6. The van der Waals surface area contributed by atoms with Crippen LogP contribution >= 0.6 is 23.3 Å². The number of aromatic nitrogens is 5. The van der Waals surface area contributed by atoms with Crippen molar-refractivity contribution in [1.29, 1.82) is 0 Å². The number of aryl methyl sites for hydroxylation is 1. The predicted octanol–water partition coefficient (Wildman–Crippen LogP) is 2.16. The second kappa shape index (κ2) is 8.08. The molecule has 3 rings (SSSR count). The summed E-state index contributed by atoms with van der Waals surface area (Å²) in [5.74, 6) is 2.00. The fraction of sp³-hybridized carbons (Fsp3) is 0.267. The molecule has 2 N–H and O–H groups in total. The number of amides is 1. The topological polar surface area (TPSA) is 106 Å². The van der Waals surface area contributed by atoms with Crippen molar-refractivity contribution in [1.82, 2.24) is 30.1 Å². The van der Waals surface area contributed by atoms with Gasteiger partial charge in [0, 0.05) is 17.9 Å². The maximum atomic E-state index is 12.4. The minimum Gasteiger partial charge on any atom is -0.497 e. The molecule has 0 saturated carbocycles. The number of nitrogens with zero attached hydrogens (tertiary/aromatic N) is 4. The van der Waals surface area contributed by atoms with E-state index in [1.165, 1.54) is 11.8 Å². The minimum atomic E-state index is -0.187. The minimum absolute atomic E-state index is 0.187. The monoisotopic (exact) mass is 376 g/mol. The van der Waals surface area contributed by atoms with Crippen LogP contribution in [-0.2, 0) is 0 Å². The molecule has 0 saturated heterocycles. The smallest absolute Gasteiger partial charge is 0.265 e. The van der Waals surface area contributed by atoms with Gasteiger partial charge in [-0.1, -0.05) is 16.3 Å². The van der Waals surface area contributed by atoms with E-state index in [0.29, 0.717) is 28.0 Å². The Labute approximate surface area is 152 Å². The van der Waals surface area contributed by atoms with Gasteiger partial charge in [-0.05, 0) is 42.7 Å². The molecule has 2 aromatic heterocycles. The fourth-order valence-electron chi connectivity index (χ4n) is 2.05. The molecule has 2 heterocycles. The van der Waals surface area contributed by atoms with E-state index in [2.05, 4.69) is 30.1 Å². The van der Waals surface area contributed by atoms with Crippen LogP contribution in [0, 0.1) is 6.92 Å². The summed E-state index contributed by atoms with van der Waals surface area (Å²) in [4.78, 5) is 17.1. The molecule has 25 heavy (non-hydrogen) atoms. The summed E-state index contributed by atoms with van der Waals surface area (Å²) < 4.78 is 9.05. The molecule has 3 aromatic rings. The standard InChI is InChI=1S/C15H16N6O2S2/c1-9-17-15(20-18-9)24-8-7-16-14(22)13-12(19-21-25-13)10-3-5-11(23-2)6-4-10/h3-6H,7-8H2,1-2H3,(H,16,22)(H,17,18,20). The summed E-state index contributed by atoms with van der Waals surface area (Å²) in [6, 6.07) is 7.36. The highest BCUT2D eigenvalue weighted by Crippen LogP contribution is 2.25. The van der Waals surface area contributed by atoms with E-state index in [-0.39, 0.29) is 5.91 Å². The Balaban J connectivity index is 1.58. The van der Waals surface area contributed by atoms with Crippen molar-refractivity contribution >= 4 is 29.2 Å². The Morgan fingerprint density at radius 3 is 2.84 bits per heavy atom. The number of nitrogens with one attached hydrogen (secondary N) is 2. The maximum Gasteiger partial charge on any atom is 0.265 e. The second-order valence-corrected chi connectivity index (χ2v) is 6.80. The number of methoxy groups -OCH3 is 1. The lowest BCUT2D eigenvalue weighted by Crippen LogP contribution is -2.25. The van der Waals surface area contributed by atoms with Crippen LogP contribution in [0.25, 0.3) is 11.3 Å².